The van der Waals surface area contributed by atoms with Crippen molar-refractivity contribution in [1.82, 2.24) is 0 Å². The van der Waals surface area contributed by atoms with E-state index >= 15 is 0 Å². The Bertz CT molecular complexity index is 3560. The first-order valence-electron chi connectivity index (χ1n) is 26.8. The Kier molecular flexibility index (Phi) is 9.22. The molecule has 3 heterocycles. The van der Waals surface area contributed by atoms with E-state index in [-0.39, 0.29) is 39.3 Å². The van der Waals surface area contributed by atoms with Gasteiger partial charge in [0.05, 0.1) is 0 Å². The first kappa shape index (κ1) is 44.9. The molecule has 3 aliphatic carbocycles. The molecule has 7 aromatic carbocycles. The van der Waals surface area contributed by atoms with Crippen LogP contribution in [0.4, 0.5) is 28.4 Å². The summed E-state index contributed by atoms with van der Waals surface area (Å²) >= 11 is 0. The van der Waals surface area contributed by atoms with Gasteiger partial charge in [-0.25, -0.2) is 0 Å². The van der Waals surface area contributed by atoms with E-state index in [1.807, 2.05) is 0 Å². The van der Waals surface area contributed by atoms with Crippen molar-refractivity contribution in [3.8, 4) is 22.3 Å². The van der Waals surface area contributed by atoms with E-state index in [0.29, 0.717) is 0 Å². The van der Waals surface area contributed by atoms with Crippen molar-refractivity contribution >= 4 is 68.1 Å². The zero-order valence-corrected chi connectivity index (χ0v) is 44.7. The molecule has 0 unspecified atom stereocenters. The van der Waals surface area contributed by atoms with Crippen molar-refractivity contribution in [3.63, 3.8) is 0 Å². The van der Waals surface area contributed by atoms with Crippen LogP contribution >= 0.6 is 0 Å². The minimum Gasteiger partial charge on any atom is -0.455 e. The van der Waals surface area contributed by atoms with Crippen LogP contribution in [-0.2, 0) is 32.5 Å². The van der Waals surface area contributed by atoms with Gasteiger partial charge in [-0.3, -0.25) is 0 Å². The van der Waals surface area contributed by atoms with Gasteiger partial charge in [-0.15, -0.1) is 0 Å². The summed E-state index contributed by atoms with van der Waals surface area (Å²) in [6.07, 6.45) is 6.96. The average Bonchev–Trinajstić information content (AvgIpc) is 3.71. The third-order valence-electron chi connectivity index (χ3n) is 19.2. The van der Waals surface area contributed by atoms with Gasteiger partial charge in [0, 0.05) is 50.3 Å². The largest absolute Gasteiger partial charge is 0.455 e. The number of benzene rings is 7. The van der Waals surface area contributed by atoms with Gasteiger partial charge in [0.1, 0.15) is 11.2 Å². The maximum atomic E-state index is 7.31. The molecule has 0 N–H and O–H groups in total. The van der Waals surface area contributed by atoms with E-state index in [1.165, 1.54) is 124 Å². The van der Waals surface area contributed by atoms with Crippen molar-refractivity contribution in [2.24, 2.45) is 0 Å². The molecular weight excluding hydrogens is 860 g/mol. The topological polar surface area (TPSA) is 19.6 Å². The smallest absolute Gasteiger partial charge is 0.333 e. The number of anilines is 5. The minimum atomic E-state index is -0.142. The molecule has 0 saturated heterocycles. The first-order chi connectivity index (χ1) is 33.6. The van der Waals surface area contributed by atoms with Gasteiger partial charge in [-0.1, -0.05) is 156 Å². The average molecular weight is 931 g/mol. The fraction of sp³-hybridized carbons (Fsp3) is 0.373. The SMILES string of the molecule is Cc1cc2c(cc1N1c3cc4c(cc3B3c5c1cc1c(oc6ccccc61)c5-c1cc5c(cc1N3c1ccc(-c3ccccc3)cc1)C(C)(C)CCC5(C)C)C(C)(C)CCC4(C)C)C(C)(C)CCC2(C)C. The summed E-state index contributed by atoms with van der Waals surface area (Å²) in [5.41, 5.74) is 26.4. The second kappa shape index (κ2) is 14.6. The van der Waals surface area contributed by atoms with Crippen molar-refractivity contribution in [1.29, 1.82) is 0 Å². The summed E-state index contributed by atoms with van der Waals surface area (Å²) in [6.45, 7) is 32.0. The molecule has 0 spiro atoms. The lowest BCUT2D eigenvalue weighted by Crippen LogP contribution is -2.62. The third kappa shape index (κ3) is 6.41. The summed E-state index contributed by atoms with van der Waals surface area (Å²) in [7, 11) is 0. The lowest BCUT2D eigenvalue weighted by atomic mass is 9.42. The Morgan fingerprint density at radius 2 is 0.915 bits per heavy atom. The molecule has 71 heavy (non-hydrogen) atoms. The predicted molar refractivity (Wildman–Crippen MR) is 303 cm³/mol. The standard InChI is InChI=1S/C67H71BN2O/c1-40-33-47-50(65(8,9)30-27-62(47,2)3)37-54(40)69-56-39-52-49(64(6,7)29-32-67(52,12)13)36-53(56)68-60-57(69)35-45-44-21-17-18-22-58(44)71-61(45)59(60)46-34-48-51(66(10,11)31-28-63(48,4)5)38-55(46)70(68)43-25-23-42(24-26-43)41-19-15-14-16-20-41/h14-26,33-39H,27-32H2,1-13H3. The monoisotopic (exact) mass is 931 g/mol. The molecule has 358 valence electrons. The second-order valence-corrected chi connectivity index (χ2v) is 26.5. The van der Waals surface area contributed by atoms with Gasteiger partial charge in [-0.05, 0) is 187 Å². The molecule has 0 radical (unpaired) electrons. The van der Waals surface area contributed by atoms with E-state index in [4.69, 9.17) is 4.42 Å². The van der Waals surface area contributed by atoms with E-state index in [2.05, 4.69) is 221 Å². The summed E-state index contributed by atoms with van der Waals surface area (Å²) in [6, 6.07) is 47.5. The Morgan fingerprint density at radius 3 is 1.51 bits per heavy atom. The number of hydrogen-bond acceptors (Lipinski definition) is 3. The van der Waals surface area contributed by atoms with E-state index < -0.39 is 0 Å². The number of fused-ring (bicyclic) bond motifs is 11. The fourth-order valence-corrected chi connectivity index (χ4v) is 14.3. The molecular formula is C67H71BN2O. The van der Waals surface area contributed by atoms with Crippen LogP contribution in [0.25, 0.3) is 44.2 Å². The number of nitrogens with zero attached hydrogens (tertiary/aromatic N) is 2. The highest BCUT2D eigenvalue weighted by atomic mass is 16.3. The van der Waals surface area contributed by atoms with Crippen molar-refractivity contribution in [2.45, 2.75) is 161 Å². The Labute approximate surface area is 423 Å². The number of para-hydroxylation sites is 1. The van der Waals surface area contributed by atoms with Crippen LogP contribution in [0, 0.1) is 6.92 Å². The molecule has 0 amide bonds. The van der Waals surface area contributed by atoms with Crippen LogP contribution in [0.1, 0.15) is 161 Å². The maximum Gasteiger partial charge on any atom is 0.333 e. The normalized spacial score (nSPS) is 20.2. The number of hydrogen-bond donors (Lipinski definition) is 0. The molecule has 0 atom stereocenters. The number of rotatable bonds is 3. The Balaban J connectivity index is 1.21. The highest BCUT2D eigenvalue weighted by Crippen LogP contribution is 2.58. The molecule has 0 fully saturated rings. The van der Waals surface area contributed by atoms with Crippen LogP contribution in [0.5, 0.6) is 0 Å². The summed E-state index contributed by atoms with van der Waals surface area (Å²) < 4.78 is 7.31. The zero-order chi connectivity index (χ0) is 49.5. The van der Waals surface area contributed by atoms with Crippen LogP contribution in [0.3, 0.4) is 0 Å². The maximum absolute atomic E-state index is 7.31. The van der Waals surface area contributed by atoms with Crippen molar-refractivity contribution in [3.05, 3.63) is 160 Å². The molecule has 0 saturated carbocycles. The molecule has 5 aliphatic rings. The molecule has 1 aromatic heterocycles. The van der Waals surface area contributed by atoms with Gasteiger partial charge >= 0.3 is 6.85 Å². The van der Waals surface area contributed by atoms with Crippen LogP contribution in [-0.4, -0.2) is 6.85 Å². The quantitative estimate of drug-likeness (QED) is 0.165. The molecule has 4 heteroatoms. The molecule has 13 rings (SSSR count). The lowest BCUT2D eigenvalue weighted by Gasteiger charge is -2.50. The van der Waals surface area contributed by atoms with E-state index in [9.17, 15) is 0 Å². The van der Waals surface area contributed by atoms with Crippen LogP contribution < -0.4 is 20.6 Å². The molecule has 0 bridgehead atoms. The Hall–Kier alpha value is -6.00. The highest BCUT2D eigenvalue weighted by Gasteiger charge is 2.51. The number of aryl methyl sites for hydroxylation is 1. The fourth-order valence-electron chi connectivity index (χ4n) is 14.3. The second-order valence-electron chi connectivity index (χ2n) is 26.5. The van der Waals surface area contributed by atoms with Gasteiger partial charge in [0.2, 0.25) is 0 Å². The first-order valence-corrected chi connectivity index (χ1v) is 26.8. The minimum absolute atomic E-state index is 0.0112. The van der Waals surface area contributed by atoms with E-state index in [1.54, 1.807) is 0 Å². The third-order valence-corrected chi connectivity index (χ3v) is 19.2. The van der Waals surface area contributed by atoms with Gasteiger partial charge in [0.25, 0.3) is 0 Å². The van der Waals surface area contributed by atoms with Gasteiger partial charge in [-0.2, -0.15) is 0 Å². The zero-order valence-electron chi connectivity index (χ0n) is 44.7. The predicted octanol–water partition coefficient (Wildman–Crippen LogP) is 17.3. The van der Waals surface area contributed by atoms with Crippen molar-refractivity contribution in [2.75, 3.05) is 9.71 Å². The lowest BCUT2D eigenvalue weighted by molar-refractivity contribution is 0.331. The number of furan rings is 1. The molecule has 3 nitrogen and oxygen atoms in total. The summed E-state index contributed by atoms with van der Waals surface area (Å²) in [5, 5.41) is 2.35. The van der Waals surface area contributed by atoms with Gasteiger partial charge < -0.3 is 14.1 Å². The Morgan fingerprint density at radius 1 is 0.437 bits per heavy atom. The molecule has 2 aliphatic heterocycles. The van der Waals surface area contributed by atoms with Crippen molar-refractivity contribution < 1.29 is 4.42 Å². The van der Waals surface area contributed by atoms with Crippen LogP contribution in [0.2, 0.25) is 0 Å². The van der Waals surface area contributed by atoms with E-state index in [0.717, 1.165) is 36.8 Å². The van der Waals surface area contributed by atoms with Crippen LogP contribution in [0.15, 0.2) is 126 Å². The molecule has 8 aromatic rings. The van der Waals surface area contributed by atoms with Gasteiger partial charge in [0.15, 0.2) is 0 Å². The highest BCUT2D eigenvalue weighted by molar-refractivity contribution is 6.94. The summed E-state index contributed by atoms with van der Waals surface area (Å²) in [4.78, 5) is 5.50. The summed E-state index contributed by atoms with van der Waals surface area (Å²) in [5.74, 6) is 0.